The maximum absolute atomic E-state index is 12.1. The first kappa shape index (κ1) is 17.8. The minimum Gasteiger partial charge on any atom is -0.306 e. The molecule has 130 valence electrons. The minimum absolute atomic E-state index is 0.0768. The first-order valence-electron chi connectivity index (χ1n) is 7.38. The second kappa shape index (κ2) is 7.47. The van der Waals surface area contributed by atoms with Crippen molar-refractivity contribution in [3.8, 4) is 0 Å². The van der Waals surface area contributed by atoms with Crippen LogP contribution in [0.2, 0.25) is 15.1 Å². The van der Waals surface area contributed by atoms with Gasteiger partial charge in [0.2, 0.25) is 5.91 Å². The molecule has 0 bridgehead atoms. The third-order valence-corrected chi connectivity index (χ3v) is 4.42. The number of nitrogens with zero attached hydrogens (tertiary/aromatic N) is 4. The van der Waals surface area contributed by atoms with Crippen molar-refractivity contribution >= 4 is 46.5 Å². The first-order chi connectivity index (χ1) is 11.9. The van der Waals surface area contributed by atoms with E-state index < -0.39 is 0 Å². The van der Waals surface area contributed by atoms with E-state index in [1.165, 1.54) is 0 Å². The van der Waals surface area contributed by atoms with E-state index >= 15 is 0 Å². The van der Waals surface area contributed by atoms with Crippen LogP contribution in [-0.2, 0) is 17.9 Å². The van der Waals surface area contributed by atoms with Crippen LogP contribution in [0.15, 0.2) is 36.7 Å². The van der Waals surface area contributed by atoms with Gasteiger partial charge in [0.05, 0.1) is 12.2 Å². The number of carbonyl (C=O) groups excluding carboxylic acids is 1. The summed E-state index contributed by atoms with van der Waals surface area (Å²) in [4.78, 5) is 12.1. The molecule has 0 saturated carbocycles. The number of anilines is 1. The van der Waals surface area contributed by atoms with Crippen molar-refractivity contribution in [2.24, 2.45) is 0 Å². The molecule has 6 nitrogen and oxygen atoms in total. The van der Waals surface area contributed by atoms with Gasteiger partial charge in [-0.05, 0) is 25.1 Å². The Labute approximate surface area is 159 Å². The first-order valence-corrected chi connectivity index (χ1v) is 8.51. The number of halogens is 3. The zero-order chi connectivity index (χ0) is 18.0. The number of benzene rings is 1. The van der Waals surface area contributed by atoms with Crippen molar-refractivity contribution in [2.75, 3.05) is 5.32 Å². The lowest BCUT2D eigenvalue weighted by molar-refractivity contribution is -0.116. The number of hydrogen-bond donors (Lipinski definition) is 1. The standard InChI is InChI=1S/C16H14Cl3N5O/c1-10-5-6-23(21-10)9-15(25)20-16-14(19)8-24(22-16)7-11-12(17)3-2-4-13(11)18/h2-6,8H,7,9H2,1H3,(H,20,22,25). The van der Waals surface area contributed by atoms with Gasteiger partial charge in [0.1, 0.15) is 11.6 Å². The molecule has 3 aromatic rings. The third-order valence-electron chi connectivity index (χ3n) is 3.44. The predicted octanol–water partition coefficient (Wildman–Crippen LogP) is 4.04. The Hall–Kier alpha value is -2.02. The third kappa shape index (κ3) is 4.34. The highest BCUT2D eigenvalue weighted by molar-refractivity contribution is 6.36. The number of nitrogens with one attached hydrogen (secondary N) is 1. The highest BCUT2D eigenvalue weighted by atomic mass is 35.5. The molecule has 0 atom stereocenters. The van der Waals surface area contributed by atoms with Gasteiger partial charge in [-0.25, -0.2) is 0 Å². The van der Waals surface area contributed by atoms with Crippen molar-refractivity contribution in [1.82, 2.24) is 19.6 Å². The maximum Gasteiger partial charge on any atom is 0.247 e. The summed E-state index contributed by atoms with van der Waals surface area (Å²) in [5, 5.41) is 12.5. The van der Waals surface area contributed by atoms with E-state index in [9.17, 15) is 4.79 Å². The van der Waals surface area contributed by atoms with Crippen LogP contribution in [-0.4, -0.2) is 25.5 Å². The molecule has 1 N–H and O–H groups in total. The Morgan fingerprint density at radius 3 is 2.44 bits per heavy atom. The lowest BCUT2D eigenvalue weighted by Gasteiger charge is -2.07. The molecule has 1 aromatic carbocycles. The number of carbonyl (C=O) groups is 1. The molecule has 0 fully saturated rings. The molecule has 9 heteroatoms. The van der Waals surface area contributed by atoms with Gasteiger partial charge in [0, 0.05) is 28.0 Å². The van der Waals surface area contributed by atoms with E-state index in [0.29, 0.717) is 21.6 Å². The average Bonchev–Trinajstić information content (AvgIpc) is 3.09. The zero-order valence-corrected chi connectivity index (χ0v) is 15.5. The normalized spacial score (nSPS) is 10.9. The Balaban J connectivity index is 1.71. The molecular formula is C16H14Cl3N5O. The lowest BCUT2D eigenvalue weighted by Crippen LogP contribution is -2.19. The molecule has 0 aliphatic rings. The molecule has 25 heavy (non-hydrogen) atoms. The van der Waals surface area contributed by atoms with Crippen molar-refractivity contribution in [2.45, 2.75) is 20.0 Å². The van der Waals surface area contributed by atoms with Crippen molar-refractivity contribution in [1.29, 1.82) is 0 Å². The van der Waals surface area contributed by atoms with Gasteiger partial charge in [-0.1, -0.05) is 40.9 Å². The summed E-state index contributed by atoms with van der Waals surface area (Å²) in [5.74, 6) is 0.00440. The second-order valence-corrected chi connectivity index (χ2v) is 6.65. The Morgan fingerprint density at radius 2 is 1.80 bits per heavy atom. The fraction of sp³-hybridized carbons (Fsp3) is 0.188. The predicted molar refractivity (Wildman–Crippen MR) is 98.4 cm³/mol. The molecule has 0 radical (unpaired) electrons. The van der Waals surface area contributed by atoms with Crippen LogP contribution in [0, 0.1) is 6.92 Å². The summed E-state index contributed by atoms with van der Waals surface area (Å²) >= 11 is 18.5. The summed E-state index contributed by atoms with van der Waals surface area (Å²) in [5.41, 5.74) is 1.57. The van der Waals surface area contributed by atoms with Crippen LogP contribution < -0.4 is 5.32 Å². The topological polar surface area (TPSA) is 64.7 Å². The van der Waals surface area contributed by atoms with Gasteiger partial charge in [0.15, 0.2) is 5.82 Å². The summed E-state index contributed by atoms with van der Waals surface area (Å²) in [6.45, 7) is 2.27. The molecular weight excluding hydrogens is 385 g/mol. The zero-order valence-electron chi connectivity index (χ0n) is 13.2. The van der Waals surface area contributed by atoms with Crippen LogP contribution in [0.4, 0.5) is 5.82 Å². The molecule has 1 amide bonds. The van der Waals surface area contributed by atoms with Crippen LogP contribution in [0.5, 0.6) is 0 Å². The quantitative estimate of drug-likeness (QED) is 0.705. The number of amides is 1. The van der Waals surface area contributed by atoms with Gasteiger partial charge >= 0.3 is 0 Å². The monoisotopic (exact) mass is 397 g/mol. The van der Waals surface area contributed by atoms with Crippen LogP contribution in [0.25, 0.3) is 0 Å². The molecule has 0 aliphatic heterocycles. The number of aromatic nitrogens is 4. The molecule has 0 saturated heterocycles. The Kier molecular flexibility index (Phi) is 5.32. The Morgan fingerprint density at radius 1 is 1.08 bits per heavy atom. The van der Waals surface area contributed by atoms with Crippen molar-refractivity contribution in [3.63, 3.8) is 0 Å². The van der Waals surface area contributed by atoms with Gasteiger partial charge in [-0.2, -0.15) is 10.2 Å². The number of aryl methyl sites for hydroxylation is 1. The van der Waals surface area contributed by atoms with Gasteiger partial charge in [-0.15, -0.1) is 0 Å². The SMILES string of the molecule is Cc1ccn(CC(=O)Nc2nn(Cc3c(Cl)cccc3Cl)cc2Cl)n1. The van der Waals surface area contributed by atoms with Gasteiger partial charge in [0.25, 0.3) is 0 Å². The summed E-state index contributed by atoms with van der Waals surface area (Å²) in [6.07, 6.45) is 3.34. The van der Waals surface area contributed by atoms with Gasteiger partial charge in [-0.3, -0.25) is 14.2 Å². The molecule has 0 aliphatic carbocycles. The van der Waals surface area contributed by atoms with E-state index in [1.807, 2.05) is 13.0 Å². The van der Waals surface area contributed by atoms with E-state index in [2.05, 4.69) is 15.5 Å². The molecule has 3 rings (SSSR count). The van der Waals surface area contributed by atoms with Crippen LogP contribution in [0.1, 0.15) is 11.3 Å². The van der Waals surface area contributed by atoms with Gasteiger partial charge < -0.3 is 5.32 Å². The summed E-state index contributed by atoms with van der Waals surface area (Å²) < 4.78 is 3.11. The average molecular weight is 399 g/mol. The lowest BCUT2D eigenvalue weighted by atomic mass is 10.2. The Bertz CT molecular complexity index is 898. The molecule has 2 aromatic heterocycles. The largest absolute Gasteiger partial charge is 0.306 e. The van der Waals surface area contributed by atoms with Crippen molar-refractivity contribution < 1.29 is 4.79 Å². The molecule has 2 heterocycles. The highest BCUT2D eigenvalue weighted by Crippen LogP contribution is 2.26. The highest BCUT2D eigenvalue weighted by Gasteiger charge is 2.13. The number of rotatable bonds is 5. The van der Waals surface area contributed by atoms with E-state index in [0.717, 1.165) is 11.3 Å². The summed E-state index contributed by atoms with van der Waals surface area (Å²) in [7, 11) is 0. The minimum atomic E-state index is -0.272. The molecule has 0 unspecified atom stereocenters. The van der Waals surface area contributed by atoms with Crippen LogP contribution >= 0.6 is 34.8 Å². The van der Waals surface area contributed by atoms with Crippen molar-refractivity contribution in [3.05, 3.63) is 63.0 Å². The second-order valence-electron chi connectivity index (χ2n) is 5.43. The van der Waals surface area contributed by atoms with E-state index in [1.54, 1.807) is 40.0 Å². The smallest absolute Gasteiger partial charge is 0.247 e. The van der Waals surface area contributed by atoms with E-state index in [-0.39, 0.29) is 18.3 Å². The fourth-order valence-electron chi connectivity index (χ4n) is 2.28. The number of hydrogen-bond acceptors (Lipinski definition) is 3. The molecule has 0 spiro atoms. The summed E-state index contributed by atoms with van der Waals surface area (Å²) in [6, 6.07) is 7.10. The maximum atomic E-state index is 12.1. The van der Waals surface area contributed by atoms with Crippen LogP contribution in [0.3, 0.4) is 0 Å². The van der Waals surface area contributed by atoms with E-state index in [4.69, 9.17) is 34.8 Å². The fourth-order valence-corrected chi connectivity index (χ4v) is 2.99.